The zero-order valence-corrected chi connectivity index (χ0v) is 18.6. The van der Waals surface area contributed by atoms with Crippen molar-refractivity contribution in [3.05, 3.63) is 54.2 Å². The van der Waals surface area contributed by atoms with Crippen LogP contribution in [0.5, 0.6) is 0 Å². The second-order valence-electron chi connectivity index (χ2n) is 7.55. The van der Waals surface area contributed by atoms with Crippen molar-refractivity contribution < 1.29 is 4.79 Å². The highest BCUT2D eigenvalue weighted by molar-refractivity contribution is 7.09. The van der Waals surface area contributed by atoms with Gasteiger partial charge in [-0.2, -0.15) is 0 Å². The lowest BCUT2D eigenvalue weighted by Crippen LogP contribution is -2.33. The molecule has 9 heteroatoms. The molecule has 0 atom stereocenters. The quantitative estimate of drug-likeness (QED) is 0.535. The van der Waals surface area contributed by atoms with E-state index in [2.05, 4.69) is 20.3 Å². The molecule has 0 spiro atoms. The highest BCUT2D eigenvalue weighted by atomic mass is 32.1. The predicted molar refractivity (Wildman–Crippen MR) is 119 cm³/mol. The number of amides is 1. The molecular weight excluding hydrogens is 402 g/mol. The molecule has 3 aromatic rings. The molecule has 0 saturated carbocycles. The van der Waals surface area contributed by atoms with Crippen LogP contribution < -0.4 is 16.6 Å². The number of hydrogen-bond donors (Lipinski definition) is 2. The first-order chi connectivity index (χ1) is 14.3. The SMILES string of the molecule is CCn1c(=O)[nH]c(=O)c2c(C(=O)NCCCCc3nc(C)cs3)cc(C(C)C)nc21. The normalized spacial score (nSPS) is 11.4. The maximum atomic E-state index is 12.9. The molecule has 3 aromatic heterocycles. The van der Waals surface area contributed by atoms with E-state index in [-0.39, 0.29) is 28.4 Å². The predicted octanol–water partition coefficient (Wildman–Crippen LogP) is 2.75. The van der Waals surface area contributed by atoms with Gasteiger partial charge in [0.2, 0.25) is 0 Å². The lowest BCUT2D eigenvalue weighted by atomic mass is 10.0. The summed E-state index contributed by atoms with van der Waals surface area (Å²) in [6.45, 7) is 8.53. The van der Waals surface area contributed by atoms with Gasteiger partial charge in [-0.15, -0.1) is 11.3 Å². The van der Waals surface area contributed by atoms with Crippen molar-refractivity contribution in [3.63, 3.8) is 0 Å². The van der Waals surface area contributed by atoms with Crippen LogP contribution in [0.3, 0.4) is 0 Å². The smallest absolute Gasteiger partial charge is 0.329 e. The fourth-order valence-electron chi connectivity index (χ4n) is 3.28. The number of thiazole rings is 1. The molecule has 0 unspecified atom stereocenters. The first kappa shape index (κ1) is 21.9. The molecular formula is C21H27N5O3S. The van der Waals surface area contributed by atoms with Gasteiger partial charge in [0.05, 0.1) is 16.0 Å². The molecule has 1 amide bonds. The van der Waals surface area contributed by atoms with Gasteiger partial charge in [0.15, 0.2) is 5.65 Å². The first-order valence-corrected chi connectivity index (χ1v) is 11.1. The molecule has 0 aliphatic rings. The van der Waals surface area contributed by atoms with Crippen molar-refractivity contribution in [2.75, 3.05) is 6.54 Å². The highest BCUT2D eigenvalue weighted by Gasteiger charge is 2.19. The third-order valence-corrected chi connectivity index (χ3v) is 5.92. The summed E-state index contributed by atoms with van der Waals surface area (Å²) >= 11 is 1.65. The van der Waals surface area contributed by atoms with Crippen molar-refractivity contribution in [1.29, 1.82) is 0 Å². The van der Waals surface area contributed by atoms with Gasteiger partial charge in [-0.25, -0.2) is 14.8 Å². The molecule has 2 N–H and O–H groups in total. The first-order valence-electron chi connectivity index (χ1n) is 10.2. The Morgan fingerprint density at radius 3 is 2.67 bits per heavy atom. The Kier molecular flexibility index (Phi) is 6.81. The number of aryl methyl sites for hydroxylation is 3. The summed E-state index contributed by atoms with van der Waals surface area (Å²) in [5.41, 5.74) is 1.09. The van der Waals surface area contributed by atoms with Crippen LogP contribution in [0, 0.1) is 6.92 Å². The van der Waals surface area contributed by atoms with E-state index in [0.717, 1.165) is 30.0 Å². The Morgan fingerprint density at radius 1 is 1.27 bits per heavy atom. The molecule has 0 aromatic carbocycles. The molecule has 3 rings (SSSR count). The van der Waals surface area contributed by atoms with Gasteiger partial charge in [-0.3, -0.25) is 19.1 Å². The fraction of sp³-hybridized carbons (Fsp3) is 0.476. The molecule has 0 radical (unpaired) electrons. The van der Waals surface area contributed by atoms with Crippen LogP contribution in [0.2, 0.25) is 0 Å². The van der Waals surface area contributed by atoms with Gasteiger partial charge in [0, 0.05) is 29.9 Å². The molecule has 3 heterocycles. The lowest BCUT2D eigenvalue weighted by molar-refractivity contribution is 0.0954. The number of unbranched alkanes of at least 4 members (excludes halogenated alkanes) is 1. The number of hydrogen-bond acceptors (Lipinski definition) is 6. The zero-order valence-electron chi connectivity index (χ0n) is 17.7. The van der Waals surface area contributed by atoms with Crippen molar-refractivity contribution in [3.8, 4) is 0 Å². The van der Waals surface area contributed by atoms with Crippen molar-refractivity contribution >= 4 is 28.3 Å². The Bertz CT molecular complexity index is 1180. The highest BCUT2D eigenvalue weighted by Crippen LogP contribution is 2.19. The number of nitrogens with zero attached hydrogens (tertiary/aromatic N) is 3. The number of fused-ring (bicyclic) bond motifs is 1. The van der Waals surface area contributed by atoms with Crippen molar-refractivity contribution in [2.24, 2.45) is 0 Å². The Hall–Kier alpha value is -2.81. The summed E-state index contributed by atoms with van der Waals surface area (Å²) in [6, 6.07) is 1.65. The fourth-order valence-corrected chi connectivity index (χ4v) is 4.10. The van der Waals surface area contributed by atoms with E-state index in [1.165, 1.54) is 4.57 Å². The molecule has 0 saturated heterocycles. The van der Waals surface area contributed by atoms with E-state index >= 15 is 0 Å². The number of nitrogens with one attached hydrogen (secondary N) is 2. The average molecular weight is 430 g/mol. The molecule has 8 nitrogen and oxygen atoms in total. The number of carbonyl (C=O) groups is 1. The molecule has 160 valence electrons. The monoisotopic (exact) mass is 429 g/mol. The average Bonchev–Trinajstić information content (AvgIpc) is 3.11. The van der Waals surface area contributed by atoms with Gasteiger partial charge < -0.3 is 5.32 Å². The maximum Gasteiger partial charge on any atom is 0.329 e. The second-order valence-corrected chi connectivity index (χ2v) is 8.49. The zero-order chi connectivity index (χ0) is 21.8. The van der Waals surface area contributed by atoms with Gasteiger partial charge >= 0.3 is 5.69 Å². The molecule has 0 aliphatic heterocycles. The summed E-state index contributed by atoms with van der Waals surface area (Å²) in [5.74, 6) is -0.288. The minimum Gasteiger partial charge on any atom is -0.352 e. The van der Waals surface area contributed by atoms with Crippen LogP contribution >= 0.6 is 11.3 Å². The van der Waals surface area contributed by atoms with E-state index in [4.69, 9.17) is 0 Å². The van der Waals surface area contributed by atoms with Gasteiger partial charge in [-0.1, -0.05) is 13.8 Å². The van der Waals surface area contributed by atoms with Crippen LogP contribution in [0.15, 0.2) is 21.0 Å². The van der Waals surface area contributed by atoms with Crippen LogP contribution in [0.4, 0.5) is 0 Å². The molecule has 0 fully saturated rings. The van der Waals surface area contributed by atoms with E-state index in [1.807, 2.05) is 26.2 Å². The number of aromatic nitrogens is 4. The maximum absolute atomic E-state index is 12.9. The van der Waals surface area contributed by atoms with Crippen LogP contribution in [0.25, 0.3) is 11.0 Å². The van der Waals surface area contributed by atoms with Crippen LogP contribution in [-0.4, -0.2) is 32.0 Å². The number of carbonyl (C=O) groups excluding carboxylic acids is 1. The second kappa shape index (κ2) is 9.34. The van der Waals surface area contributed by atoms with Gasteiger partial charge in [0.1, 0.15) is 0 Å². The Morgan fingerprint density at radius 2 is 2.03 bits per heavy atom. The largest absolute Gasteiger partial charge is 0.352 e. The van der Waals surface area contributed by atoms with E-state index in [1.54, 1.807) is 24.3 Å². The lowest BCUT2D eigenvalue weighted by Gasteiger charge is -2.14. The van der Waals surface area contributed by atoms with Crippen LogP contribution in [0.1, 0.15) is 66.3 Å². The summed E-state index contributed by atoms with van der Waals surface area (Å²) < 4.78 is 1.38. The van der Waals surface area contributed by atoms with Gasteiger partial charge in [0.25, 0.3) is 11.5 Å². The summed E-state index contributed by atoms with van der Waals surface area (Å²) in [7, 11) is 0. The number of pyridine rings is 1. The third kappa shape index (κ3) is 4.67. The minimum atomic E-state index is -0.591. The minimum absolute atomic E-state index is 0.0439. The Labute approximate surface area is 178 Å². The summed E-state index contributed by atoms with van der Waals surface area (Å²) in [4.78, 5) is 48.9. The van der Waals surface area contributed by atoms with E-state index in [9.17, 15) is 14.4 Å². The number of aromatic amines is 1. The summed E-state index contributed by atoms with van der Waals surface area (Å²) in [6.07, 6.45) is 2.60. The van der Waals surface area contributed by atoms with Crippen molar-refractivity contribution in [1.82, 2.24) is 24.8 Å². The summed E-state index contributed by atoms with van der Waals surface area (Å²) in [5, 5.41) is 6.19. The molecule has 0 bridgehead atoms. The van der Waals surface area contributed by atoms with E-state index < -0.39 is 11.2 Å². The van der Waals surface area contributed by atoms with E-state index in [0.29, 0.717) is 18.8 Å². The standard InChI is InChI=1S/C21H27N5O3S/c1-5-26-18-17(20(28)25-21(26)29)14(10-15(24-18)12(2)3)19(27)22-9-7-6-8-16-23-13(4)11-30-16/h10-12H,5-9H2,1-4H3,(H,22,27)(H,25,28,29). The Balaban J connectivity index is 1.82. The van der Waals surface area contributed by atoms with Crippen molar-refractivity contribution in [2.45, 2.75) is 59.4 Å². The van der Waals surface area contributed by atoms with Gasteiger partial charge in [-0.05, 0) is 45.1 Å². The molecule has 30 heavy (non-hydrogen) atoms. The third-order valence-electron chi connectivity index (χ3n) is 4.89. The number of rotatable bonds is 8. The number of H-pyrrole nitrogens is 1. The molecule has 0 aliphatic carbocycles. The van der Waals surface area contributed by atoms with Crippen LogP contribution in [-0.2, 0) is 13.0 Å². The topological polar surface area (TPSA) is 110 Å².